The lowest BCUT2D eigenvalue weighted by Crippen LogP contribution is -2.22. The first kappa shape index (κ1) is 35.4. The number of hydrogen-bond donors (Lipinski definition) is 2. The topological polar surface area (TPSA) is 62.2 Å². The average Bonchev–Trinajstić information content (AvgIpc) is 2.89. The molecule has 0 aliphatic rings. The number of aliphatic hydroxyl groups excluding tert-OH is 2. The van der Waals surface area contributed by atoms with Crippen LogP contribution in [0.2, 0.25) is 0 Å². The monoisotopic (exact) mass is 513 g/mol. The van der Waals surface area contributed by atoms with Crippen molar-refractivity contribution in [1.82, 2.24) is 5.23 Å². The van der Waals surface area contributed by atoms with Crippen molar-refractivity contribution >= 4 is 0 Å². The third kappa shape index (κ3) is 29.6. The molecule has 216 valence electrons. The molecule has 0 aromatic carbocycles. The van der Waals surface area contributed by atoms with Gasteiger partial charge in [0.25, 0.3) is 0 Å². The molecule has 0 amide bonds. The van der Waals surface area contributed by atoms with Gasteiger partial charge in [0, 0.05) is 0 Å². The van der Waals surface area contributed by atoms with Crippen LogP contribution in [0.5, 0.6) is 0 Å². The van der Waals surface area contributed by atoms with Gasteiger partial charge in [-0.15, -0.1) is 5.23 Å². The van der Waals surface area contributed by atoms with Crippen LogP contribution in [0, 0.1) is 0 Å². The Morgan fingerprint density at radius 3 is 1.08 bits per heavy atom. The van der Waals surface area contributed by atoms with Crippen molar-refractivity contribution in [1.29, 1.82) is 0 Å². The van der Waals surface area contributed by atoms with E-state index >= 15 is 0 Å². The van der Waals surface area contributed by atoms with Gasteiger partial charge >= 0.3 is 0 Å². The summed E-state index contributed by atoms with van der Waals surface area (Å²) in [6.45, 7) is 2.52. The minimum atomic E-state index is -0.0632. The second-order valence-electron chi connectivity index (χ2n) is 10.4. The van der Waals surface area contributed by atoms with Gasteiger partial charge < -0.3 is 10.2 Å². The van der Waals surface area contributed by atoms with Crippen molar-refractivity contribution in [3.05, 3.63) is 12.3 Å². The summed E-state index contributed by atoms with van der Waals surface area (Å²) in [5.41, 5.74) is 0. The minimum absolute atomic E-state index is 0.0632. The third-order valence-corrected chi connectivity index (χ3v) is 6.82. The molecule has 0 saturated heterocycles. The maximum absolute atomic E-state index is 8.83. The van der Waals surface area contributed by atoms with Crippen molar-refractivity contribution in [2.75, 3.05) is 26.4 Å². The second kappa shape index (κ2) is 32.4. The molecule has 0 aliphatic carbocycles. The first-order valence-corrected chi connectivity index (χ1v) is 15.8. The molecule has 0 saturated carbocycles. The van der Waals surface area contributed by atoms with E-state index in [9.17, 15) is 0 Å². The van der Waals surface area contributed by atoms with Crippen LogP contribution >= 0.6 is 0 Å². The van der Waals surface area contributed by atoms with Crippen molar-refractivity contribution in [2.45, 2.75) is 161 Å². The standard InChI is InChI=1S/C31H63NO4/c1-2-3-4-5-6-7-8-9-10-11-12-13-14-15-16-17-18-19-20-21-22-23-24-25-26-27-32(35-30-28-33)36-31-29-34/h26-27,33-34H,2-25,28-31H2,1H3. The molecule has 0 aliphatic heterocycles. The number of aliphatic hydroxyl groups is 2. The van der Waals surface area contributed by atoms with E-state index in [4.69, 9.17) is 19.9 Å². The molecule has 0 heterocycles. The smallest absolute Gasteiger partial charge is 0.101 e. The summed E-state index contributed by atoms with van der Waals surface area (Å²) in [6.07, 6.45) is 37.2. The summed E-state index contributed by atoms with van der Waals surface area (Å²) in [4.78, 5) is 10.4. The molecule has 0 unspecified atom stereocenters. The summed E-state index contributed by atoms with van der Waals surface area (Å²) in [6, 6.07) is 0. The Balaban J connectivity index is 3.23. The Morgan fingerprint density at radius 1 is 0.472 bits per heavy atom. The van der Waals surface area contributed by atoms with E-state index in [2.05, 4.69) is 6.92 Å². The Bertz CT molecular complexity index is 411. The molecule has 0 fully saturated rings. The van der Waals surface area contributed by atoms with Gasteiger partial charge in [0.2, 0.25) is 0 Å². The van der Waals surface area contributed by atoms with E-state index in [1.54, 1.807) is 6.20 Å². The van der Waals surface area contributed by atoms with Gasteiger partial charge in [-0.1, -0.05) is 154 Å². The van der Waals surface area contributed by atoms with Crippen LogP contribution in [0.25, 0.3) is 0 Å². The molecule has 0 bridgehead atoms. The summed E-state index contributed by atoms with van der Waals surface area (Å²) >= 11 is 0. The van der Waals surface area contributed by atoms with Crippen LogP contribution in [0.4, 0.5) is 0 Å². The predicted molar refractivity (Wildman–Crippen MR) is 154 cm³/mol. The zero-order chi connectivity index (χ0) is 26.2. The first-order chi connectivity index (χ1) is 17.8. The number of allylic oxidation sites excluding steroid dienone is 1. The maximum Gasteiger partial charge on any atom is 0.101 e. The lowest BCUT2D eigenvalue weighted by molar-refractivity contribution is -0.339. The van der Waals surface area contributed by atoms with Crippen LogP contribution in [0.3, 0.4) is 0 Å². The van der Waals surface area contributed by atoms with Gasteiger partial charge in [0.15, 0.2) is 0 Å². The molecule has 2 N–H and O–H groups in total. The van der Waals surface area contributed by atoms with Gasteiger partial charge in [-0.05, 0) is 12.8 Å². The molecule has 0 aromatic rings. The fourth-order valence-corrected chi connectivity index (χ4v) is 4.59. The molecule has 36 heavy (non-hydrogen) atoms. The zero-order valence-electron chi connectivity index (χ0n) is 24.1. The second-order valence-corrected chi connectivity index (χ2v) is 10.4. The third-order valence-electron chi connectivity index (χ3n) is 6.82. The zero-order valence-corrected chi connectivity index (χ0v) is 24.1. The van der Waals surface area contributed by atoms with E-state index in [0.29, 0.717) is 0 Å². The molecule has 0 aromatic heterocycles. The summed E-state index contributed by atoms with van der Waals surface area (Å²) < 4.78 is 0. The lowest BCUT2D eigenvalue weighted by atomic mass is 10.0. The van der Waals surface area contributed by atoms with Crippen molar-refractivity contribution < 1.29 is 19.9 Å². The van der Waals surface area contributed by atoms with Crippen molar-refractivity contribution in [3.63, 3.8) is 0 Å². The highest BCUT2D eigenvalue weighted by molar-refractivity contribution is 4.76. The lowest BCUT2D eigenvalue weighted by Gasteiger charge is -2.17. The van der Waals surface area contributed by atoms with E-state index in [1.807, 2.05) is 6.08 Å². The van der Waals surface area contributed by atoms with E-state index in [-0.39, 0.29) is 26.4 Å². The van der Waals surface area contributed by atoms with E-state index in [0.717, 1.165) is 6.42 Å². The van der Waals surface area contributed by atoms with Gasteiger partial charge in [0.05, 0.1) is 19.4 Å². The molecule has 0 atom stereocenters. The molecule has 0 rings (SSSR count). The normalized spacial score (nSPS) is 11.6. The van der Waals surface area contributed by atoms with Gasteiger partial charge in [-0.25, -0.2) is 9.68 Å². The summed E-state index contributed by atoms with van der Waals surface area (Å²) in [5.74, 6) is 0. The van der Waals surface area contributed by atoms with Gasteiger partial charge in [-0.3, -0.25) is 0 Å². The fraction of sp³-hybridized carbons (Fsp3) is 0.935. The minimum Gasteiger partial charge on any atom is -0.394 e. The first-order valence-electron chi connectivity index (χ1n) is 15.8. The highest BCUT2D eigenvalue weighted by Gasteiger charge is 1.99. The summed E-state index contributed by atoms with van der Waals surface area (Å²) in [7, 11) is 0. The molecule has 0 spiro atoms. The predicted octanol–water partition coefficient (Wildman–Crippen LogP) is 9.03. The highest BCUT2D eigenvalue weighted by Crippen LogP contribution is 2.15. The molecular weight excluding hydrogens is 450 g/mol. The SMILES string of the molecule is CCCCCCCCCCCCCCCCCCCCCCCCCC=CN(OCCO)OCCO. The Hall–Kier alpha value is -0.620. The molecule has 0 radical (unpaired) electrons. The van der Waals surface area contributed by atoms with Gasteiger partial charge in [0.1, 0.15) is 13.2 Å². The van der Waals surface area contributed by atoms with Crippen molar-refractivity contribution in [3.8, 4) is 0 Å². The van der Waals surface area contributed by atoms with Crippen LogP contribution in [0.1, 0.15) is 161 Å². The highest BCUT2D eigenvalue weighted by atomic mass is 16.9. The maximum atomic E-state index is 8.83. The Morgan fingerprint density at radius 2 is 0.778 bits per heavy atom. The van der Waals surface area contributed by atoms with Crippen LogP contribution in [0.15, 0.2) is 12.3 Å². The number of hydroxylamine groups is 2. The van der Waals surface area contributed by atoms with E-state index < -0.39 is 0 Å². The average molecular weight is 514 g/mol. The van der Waals surface area contributed by atoms with Crippen molar-refractivity contribution in [2.24, 2.45) is 0 Å². The molecule has 5 nitrogen and oxygen atoms in total. The van der Waals surface area contributed by atoms with Crippen LogP contribution in [-0.2, 0) is 9.68 Å². The Labute approximate surface area is 224 Å². The van der Waals surface area contributed by atoms with Gasteiger partial charge in [-0.2, -0.15) is 0 Å². The molecular formula is C31H63NO4. The number of nitrogens with zero attached hydrogens (tertiary/aromatic N) is 1. The Kier molecular flexibility index (Phi) is 31.9. The number of unbranched alkanes of at least 4 members (excludes halogenated alkanes) is 23. The van der Waals surface area contributed by atoms with Crippen LogP contribution in [-0.4, -0.2) is 41.9 Å². The number of hydrogen-bond acceptors (Lipinski definition) is 5. The molecule has 5 heteroatoms. The van der Waals surface area contributed by atoms with E-state index in [1.165, 1.54) is 153 Å². The quantitative estimate of drug-likeness (QED) is 0.0715. The summed E-state index contributed by atoms with van der Waals surface area (Å²) in [5, 5.41) is 18.9. The fourth-order valence-electron chi connectivity index (χ4n) is 4.59. The largest absolute Gasteiger partial charge is 0.394 e. The van der Waals surface area contributed by atoms with Crippen LogP contribution < -0.4 is 0 Å². The number of rotatable bonds is 31.